The number of nitrogens with one attached hydrogen (secondary N) is 1. The van der Waals surface area contributed by atoms with Crippen molar-refractivity contribution in [2.45, 2.75) is 25.6 Å². The normalized spacial score (nSPS) is 21.4. The summed E-state index contributed by atoms with van der Waals surface area (Å²) in [5.41, 5.74) is 0.838. The van der Waals surface area contributed by atoms with Gasteiger partial charge in [-0.1, -0.05) is 6.07 Å². The first-order valence-electron chi connectivity index (χ1n) is 8.64. The lowest BCUT2D eigenvalue weighted by Crippen LogP contribution is -3.09. The van der Waals surface area contributed by atoms with E-state index in [1.54, 1.807) is 4.68 Å². The van der Waals surface area contributed by atoms with Crippen molar-refractivity contribution < 1.29 is 18.8 Å². The van der Waals surface area contributed by atoms with Gasteiger partial charge >= 0.3 is 0 Å². The van der Waals surface area contributed by atoms with Crippen molar-refractivity contribution in [3.8, 4) is 23.0 Å². The largest absolute Gasteiger partial charge is 0.454 e. The highest BCUT2D eigenvalue weighted by Crippen LogP contribution is 2.35. The zero-order valence-electron chi connectivity index (χ0n) is 14.0. The second kappa shape index (κ2) is 6.53. The number of ether oxygens (including phenoxy) is 2. The summed E-state index contributed by atoms with van der Waals surface area (Å²) in [4.78, 5) is 3.32. The Balaban J connectivity index is 1.40. The van der Waals surface area contributed by atoms with Crippen LogP contribution < -0.4 is 14.4 Å². The third kappa shape index (κ3) is 2.84. The van der Waals surface area contributed by atoms with Gasteiger partial charge < -0.3 is 18.8 Å². The van der Waals surface area contributed by atoms with Gasteiger partial charge in [-0.2, -0.15) is 4.68 Å². The molecule has 6 nitrogen and oxygen atoms in total. The van der Waals surface area contributed by atoms with Gasteiger partial charge in [0.2, 0.25) is 12.7 Å². The van der Waals surface area contributed by atoms with Crippen LogP contribution in [0, 0.1) is 4.84 Å². The highest BCUT2D eigenvalue weighted by atomic mass is 32.1. The first kappa shape index (κ1) is 16.0. The third-order valence-electron chi connectivity index (χ3n) is 4.95. The Morgan fingerprint density at radius 2 is 2.19 bits per heavy atom. The molecule has 26 heavy (non-hydrogen) atoms. The van der Waals surface area contributed by atoms with Crippen LogP contribution in [0.4, 0.5) is 0 Å². The molecular formula is C18H18N3O3S2+. The summed E-state index contributed by atoms with van der Waals surface area (Å²) >= 11 is 7.24. The Morgan fingerprint density at radius 1 is 1.27 bits per heavy atom. The van der Waals surface area contributed by atoms with Crippen molar-refractivity contribution in [1.29, 1.82) is 0 Å². The second-order valence-electron chi connectivity index (χ2n) is 6.52. The van der Waals surface area contributed by atoms with E-state index in [2.05, 4.69) is 22.6 Å². The summed E-state index contributed by atoms with van der Waals surface area (Å²) in [7, 11) is 0. The summed E-state index contributed by atoms with van der Waals surface area (Å²) < 4.78 is 18.3. The van der Waals surface area contributed by atoms with E-state index in [-0.39, 0.29) is 6.79 Å². The van der Waals surface area contributed by atoms with Crippen molar-refractivity contribution in [3.05, 3.63) is 45.4 Å². The molecule has 1 fully saturated rings. The SMILES string of the molecule is S=c1oc(-c2ccc3c(c2)OCO3)nn1C[NH+]1CCC[C@@H]1c1cccs1. The van der Waals surface area contributed by atoms with Gasteiger partial charge in [0, 0.05) is 18.4 Å². The molecule has 1 saturated heterocycles. The summed E-state index contributed by atoms with van der Waals surface area (Å²) in [6.45, 7) is 2.09. The smallest absolute Gasteiger partial charge is 0.292 e. The Morgan fingerprint density at radius 3 is 3.08 bits per heavy atom. The predicted octanol–water partition coefficient (Wildman–Crippen LogP) is 3.04. The lowest BCUT2D eigenvalue weighted by atomic mass is 10.2. The Bertz CT molecular complexity index is 980. The average molecular weight is 388 g/mol. The van der Waals surface area contributed by atoms with Crippen LogP contribution in [0.25, 0.3) is 11.5 Å². The zero-order chi connectivity index (χ0) is 17.5. The third-order valence-corrected chi connectivity index (χ3v) is 6.23. The number of quaternary nitrogens is 1. The molecule has 0 amide bonds. The Hall–Kier alpha value is -2.16. The van der Waals surface area contributed by atoms with E-state index in [4.69, 9.17) is 26.1 Å². The first-order valence-corrected chi connectivity index (χ1v) is 9.93. The summed E-state index contributed by atoms with van der Waals surface area (Å²) in [6, 6.07) is 10.5. The van der Waals surface area contributed by atoms with Crippen molar-refractivity contribution >= 4 is 23.6 Å². The topological polar surface area (TPSA) is 53.9 Å². The standard InChI is InChI=1S/C18H17N3O3S2/c25-18-21(10-20-7-1-3-13(20)16-4-2-8-26-16)19-17(24-18)12-5-6-14-15(9-12)23-11-22-14/h2,4-6,8-9,13H,1,3,7,10-11H2/p+1/t13-/m1/s1. The predicted molar refractivity (Wildman–Crippen MR) is 99.0 cm³/mol. The highest BCUT2D eigenvalue weighted by Gasteiger charge is 2.31. The lowest BCUT2D eigenvalue weighted by molar-refractivity contribution is -0.941. The molecule has 2 aromatic heterocycles. The maximum Gasteiger partial charge on any atom is 0.292 e. The van der Waals surface area contributed by atoms with Crippen LogP contribution in [-0.4, -0.2) is 23.1 Å². The molecule has 0 aliphatic carbocycles. The van der Waals surface area contributed by atoms with Gasteiger partial charge in [0.1, 0.15) is 6.04 Å². The number of likely N-dealkylation sites (tertiary alicyclic amines) is 1. The van der Waals surface area contributed by atoms with Gasteiger partial charge in [-0.25, -0.2) is 0 Å². The van der Waals surface area contributed by atoms with E-state index in [9.17, 15) is 0 Å². The van der Waals surface area contributed by atoms with E-state index >= 15 is 0 Å². The molecule has 5 rings (SSSR count). The van der Waals surface area contributed by atoms with Gasteiger partial charge in [0.05, 0.1) is 11.4 Å². The van der Waals surface area contributed by atoms with Gasteiger partial charge in [0.25, 0.3) is 4.84 Å². The minimum absolute atomic E-state index is 0.249. The molecule has 0 spiro atoms. The van der Waals surface area contributed by atoms with Crippen LogP contribution in [0.2, 0.25) is 0 Å². The molecule has 0 saturated carbocycles. The summed E-state index contributed by atoms with van der Waals surface area (Å²) in [5, 5.41) is 6.76. The summed E-state index contributed by atoms with van der Waals surface area (Å²) in [5.74, 6) is 1.97. The molecule has 0 bridgehead atoms. The van der Waals surface area contributed by atoms with E-state index in [0.717, 1.165) is 24.5 Å². The average Bonchev–Trinajstić information content (AvgIpc) is 3.42. The molecule has 134 valence electrons. The number of aromatic nitrogens is 2. The van der Waals surface area contributed by atoms with Gasteiger partial charge in [-0.05, 0) is 41.9 Å². The monoisotopic (exact) mass is 388 g/mol. The number of benzene rings is 1. The molecule has 1 N–H and O–H groups in total. The number of hydrogen-bond donors (Lipinski definition) is 1. The maximum atomic E-state index is 5.76. The first-order chi connectivity index (χ1) is 12.8. The number of nitrogens with zero attached hydrogens (tertiary/aromatic N) is 2. The number of fused-ring (bicyclic) bond motifs is 1. The van der Waals surface area contributed by atoms with Gasteiger partial charge in [0.15, 0.2) is 18.2 Å². The Labute approximate surface area is 159 Å². The van der Waals surface area contributed by atoms with Crippen LogP contribution in [-0.2, 0) is 6.67 Å². The van der Waals surface area contributed by atoms with Gasteiger partial charge in [-0.15, -0.1) is 16.4 Å². The lowest BCUT2D eigenvalue weighted by Gasteiger charge is -2.19. The number of thiophene rings is 1. The fourth-order valence-corrected chi connectivity index (χ4v) is 4.78. The van der Waals surface area contributed by atoms with Crippen molar-refractivity contribution in [1.82, 2.24) is 9.78 Å². The molecule has 0 radical (unpaired) electrons. The van der Waals surface area contributed by atoms with Gasteiger partial charge in [-0.3, -0.25) is 0 Å². The number of rotatable bonds is 4. The number of hydrogen-bond acceptors (Lipinski definition) is 6. The minimum Gasteiger partial charge on any atom is -0.454 e. The van der Waals surface area contributed by atoms with E-state index in [1.807, 2.05) is 29.5 Å². The van der Waals surface area contributed by atoms with Crippen LogP contribution >= 0.6 is 23.6 Å². The van der Waals surface area contributed by atoms with Crippen LogP contribution in [0.15, 0.2) is 40.1 Å². The second-order valence-corrected chi connectivity index (χ2v) is 7.85. The molecular weight excluding hydrogens is 370 g/mol. The highest BCUT2D eigenvalue weighted by molar-refractivity contribution is 7.71. The summed E-state index contributed by atoms with van der Waals surface area (Å²) in [6.07, 6.45) is 2.42. The van der Waals surface area contributed by atoms with E-state index in [1.165, 1.54) is 22.6 Å². The molecule has 8 heteroatoms. The molecule has 1 unspecified atom stereocenters. The molecule has 1 aromatic carbocycles. The zero-order valence-corrected chi connectivity index (χ0v) is 15.6. The van der Waals surface area contributed by atoms with Crippen molar-refractivity contribution in [2.75, 3.05) is 13.3 Å². The van der Waals surface area contributed by atoms with Crippen LogP contribution in [0.5, 0.6) is 11.5 Å². The Kier molecular flexibility index (Phi) is 4.03. The quantitative estimate of drug-likeness (QED) is 0.697. The van der Waals surface area contributed by atoms with E-state index < -0.39 is 0 Å². The van der Waals surface area contributed by atoms with Crippen LogP contribution in [0.1, 0.15) is 23.8 Å². The van der Waals surface area contributed by atoms with Crippen molar-refractivity contribution in [3.63, 3.8) is 0 Å². The van der Waals surface area contributed by atoms with Crippen molar-refractivity contribution in [2.24, 2.45) is 0 Å². The molecule has 2 aliphatic rings. The molecule has 2 atom stereocenters. The fraction of sp³-hybridized carbons (Fsp3) is 0.333. The molecule has 4 heterocycles. The molecule has 3 aromatic rings. The van der Waals surface area contributed by atoms with E-state index in [0.29, 0.717) is 22.5 Å². The molecule has 2 aliphatic heterocycles. The maximum absolute atomic E-state index is 5.76. The minimum atomic E-state index is 0.249. The van der Waals surface area contributed by atoms with Crippen LogP contribution in [0.3, 0.4) is 0 Å². The fourth-order valence-electron chi connectivity index (χ4n) is 3.68.